The van der Waals surface area contributed by atoms with Gasteiger partial charge in [0.25, 0.3) is 5.91 Å². The van der Waals surface area contributed by atoms with Crippen molar-refractivity contribution in [1.29, 1.82) is 0 Å². The Labute approximate surface area is 138 Å². The topological polar surface area (TPSA) is 55.8 Å². The maximum Gasteiger partial charge on any atom is 0.344 e. The van der Waals surface area contributed by atoms with Gasteiger partial charge >= 0.3 is 5.97 Å². The molecule has 120 valence electrons. The van der Waals surface area contributed by atoms with Gasteiger partial charge in [-0.1, -0.05) is 22.9 Å². The Morgan fingerprint density at radius 1 is 1.18 bits per heavy atom. The molecule has 1 aliphatic heterocycles. The highest BCUT2D eigenvalue weighted by Gasteiger charge is 2.21. The van der Waals surface area contributed by atoms with Crippen molar-refractivity contribution in [3.63, 3.8) is 0 Å². The molecule has 0 radical (unpaired) electrons. The van der Waals surface area contributed by atoms with Crippen LogP contribution in [-0.2, 0) is 14.3 Å². The Balaban J connectivity index is 1.66. The smallest absolute Gasteiger partial charge is 0.344 e. The molecule has 22 heavy (non-hydrogen) atoms. The van der Waals surface area contributed by atoms with E-state index >= 15 is 0 Å². The van der Waals surface area contributed by atoms with Gasteiger partial charge in [-0.2, -0.15) is 0 Å². The first-order valence-corrected chi connectivity index (χ1v) is 8.15. The van der Waals surface area contributed by atoms with E-state index in [1.165, 1.54) is 0 Å². The van der Waals surface area contributed by atoms with Crippen LogP contribution in [0.15, 0.2) is 28.7 Å². The van der Waals surface area contributed by atoms with Crippen molar-refractivity contribution in [2.24, 2.45) is 5.92 Å². The van der Waals surface area contributed by atoms with E-state index in [4.69, 9.17) is 9.47 Å². The monoisotopic (exact) mass is 369 g/mol. The van der Waals surface area contributed by atoms with Crippen molar-refractivity contribution >= 4 is 27.8 Å². The van der Waals surface area contributed by atoms with Gasteiger partial charge in [0.15, 0.2) is 13.2 Å². The lowest BCUT2D eigenvalue weighted by Gasteiger charge is -2.30. The van der Waals surface area contributed by atoms with Crippen molar-refractivity contribution in [2.45, 2.75) is 19.8 Å². The zero-order chi connectivity index (χ0) is 15.9. The highest BCUT2D eigenvalue weighted by Crippen LogP contribution is 2.17. The average Bonchev–Trinajstić information content (AvgIpc) is 2.52. The summed E-state index contributed by atoms with van der Waals surface area (Å²) in [5, 5.41) is 0. The Bertz CT molecular complexity index is 509. The van der Waals surface area contributed by atoms with Crippen LogP contribution in [0.5, 0.6) is 5.75 Å². The molecule has 0 aliphatic carbocycles. The highest BCUT2D eigenvalue weighted by atomic mass is 79.9. The van der Waals surface area contributed by atoms with Gasteiger partial charge in [0.05, 0.1) is 0 Å². The zero-order valence-corrected chi connectivity index (χ0v) is 14.2. The molecule has 0 aromatic heterocycles. The van der Waals surface area contributed by atoms with E-state index in [0.29, 0.717) is 11.7 Å². The molecule has 0 atom stereocenters. The van der Waals surface area contributed by atoms with E-state index in [2.05, 4.69) is 22.9 Å². The molecule has 2 rings (SSSR count). The van der Waals surface area contributed by atoms with Gasteiger partial charge in [-0.3, -0.25) is 4.79 Å². The van der Waals surface area contributed by atoms with Gasteiger partial charge in [0.1, 0.15) is 5.75 Å². The summed E-state index contributed by atoms with van der Waals surface area (Å²) in [4.78, 5) is 25.3. The highest BCUT2D eigenvalue weighted by molar-refractivity contribution is 9.10. The number of carbonyl (C=O) groups excluding carboxylic acids is 2. The van der Waals surface area contributed by atoms with Crippen molar-refractivity contribution in [2.75, 3.05) is 26.3 Å². The van der Waals surface area contributed by atoms with Crippen LogP contribution < -0.4 is 4.74 Å². The van der Waals surface area contributed by atoms with Gasteiger partial charge in [-0.15, -0.1) is 0 Å². The van der Waals surface area contributed by atoms with Crippen molar-refractivity contribution in [1.82, 2.24) is 4.90 Å². The minimum Gasteiger partial charge on any atom is -0.482 e. The number of likely N-dealkylation sites (tertiary alicyclic amines) is 1. The molecule has 0 bridgehead atoms. The standard InChI is InChI=1S/C16H20BrNO4/c1-12-6-8-18(9-7-12)15(19)10-22-16(20)11-21-14-4-2-13(17)3-5-14/h2-5,12H,6-11H2,1H3. The summed E-state index contributed by atoms with van der Waals surface area (Å²) in [7, 11) is 0. The van der Waals surface area contributed by atoms with Gasteiger partial charge in [0.2, 0.25) is 0 Å². The van der Waals surface area contributed by atoms with Gasteiger partial charge < -0.3 is 14.4 Å². The minimum absolute atomic E-state index is 0.135. The number of amides is 1. The summed E-state index contributed by atoms with van der Waals surface area (Å²) in [5.74, 6) is 0.563. The van der Waals surface area contributed by atoms with Crippen molar-refractivity contribution in [3.8, 4) is 5.75 Å². The Morgan fingerprint density at radius 3 is 2.45 bits per heavy atom. The van der Waals surface area contributed by atoms with Crippen LogP contribution in [0.1, 0.15) is 19.8 Å². The van der Waals surface area contributed by atoms with E-state index in [-0.39, 0.29) is 19.1 Å². The van der Waals surface area contributed by atoms with Crippen LogP contribution in [0.3, 0.4) is 0 Å². The maximum absolute atomic E-state index is 11.9. The molecular weight excluding hydrogens is 350 g/mol. The Kier molecular flexibility index (Phi) is 6.24. The first kappa shape index (κ1) is 16.8. The molecule has 1 heterocycles. The first-order valence-electron chi connectivity index (χ1n) is 7.36. The number of ether oxygens (including phenoxy) is 2. The van der Waals surface area contributed by atoms with Crippen molar-refractivity contribution < 1.29 is 19.1 Å². The van der Waals surface area contributed by atoms with Crippen LogP contribution in [0.2, 0.25) is 0 Å². The predicted molar refractivity (Wildman–Crippen MR) is 85.6 cm³/mol. The zero-order valence-electron chi connectivity index (χ0n) is 12.6. The number of nitrogens with zero attached hydrogens (tertiary/aromatic N) is 1. The van der Waals surface area contributed by atoms with Crippen LogP contribution in [0.4, 0.5) is 0 Å². The molecule has 6 heteroatoms. The Morgan fingerprint density at radius 2 is 1.82 bits per heavy atom. The molecule has 1 aliphatic rings. The number of rotatable bonds is 5. The molecule has 5 nitrogen and oxygen atoms in total. The van der Waals surface area contributed by atoms with E-state index in [1.54, 1.807) is 17.0 Å². The first-order chi connectivity index (χ1) is 10.5. The lowest BCUT2D eigenvalue weighted by atomic mass is 9.99. The van der Waals surface area contributed by atoms with E-state index < -0.39 is 5.97 Å². The molecule has 1 aromatic carbocycles. The summed E-state index contributed by atoms with van der Waals surface area (Å²) in [6.45, 7) is 3.25. The SMILES string of the molecule is CC1CCN(C(=O)COC(=O)COc2ccc(Br)cc2)CC1. The third kappa shape index (κ3) is 5.33. The molecule has 0 saturated carbocycles. The fraction of sp³-hybridized carbons (Fsp3) is 0.500. The average molecular weight is 370 g/mol. The lowest BCUT2D eigenvalue weighted by molar-refractivity contribution is -0.154. The van der Waals surface area contributed by atoms with Crippen LogP contribution in [-0.4, -0.2) is 43.1 Å². The predicted octanol–water partition coefficient (Wildman–Crippen LogP) is 2.63. The molecule has 0 spiro atoms. The van der Waals surface area contributed by atoms with E-state index in [9.17, 15) is 9.59 Å². The second-order valence-electron chi connectivity index (χ2n) is 5.47. The van der Waals surface area contributed by atoms with Crippen LogP contribution >= 0.6 is 15.9 Å². The van der Waals surface area contributed by atoms with Crippen LogP contribution in [0.25, 0.3) is 0 Å². The number of halogens is 1. The van der Waals surface area contributed by atoms with E-state index in [0.717, 1.165) is 30.4 Å². The quantitative estimate of drug-likeness (QED) is 0.748. The molecular formula is C16H20BrNO4. The van der Waals surface area contributed by atoms with Gasteiger partial charge in [0, 0.05) is 17.6 Å². The second kappa shape index (κ2) is 8.17. The number of hydrogen-bond donors (Lipinski definition) is 0. The summed E-state index contributed by atoms with van der Waals surface area (Å²) in [6.07, 6.45) is 2.01. The maximum atomic E-state index is 11.9. The number of hydrogen-bond acceptors (Lipinski definition) is 4. The number of carbonyl (C=O) groups is 2. The largest absolute Gasteiger partial charge is 0.482 e. The molecule has 1 saturated heterocycles. The fourth-order valence-electron chi connectivity index (χ4n) is 2.21. The number of benzene rings is 1. The number of piperidine rings is 1. The molecule has 1 aromatic rings. The normalized spacial score (nSPS) is 15.5. The van der Waals surface area contributed by atoms with Gasteiger partial charge in [-0.05, 0) is 43.0 Å². The third-order valence-corrected chi connectivity index (χ3v) is 4.19. The fourth-order valence-corrected chi connectivity index (χ4v) is 2.47. The second-order valence-corrected chi connectivity index (χ2v) is 6.38. The van der Waals surface area contributed by atoms with Crippen molar-refractivity contribution in [3.05, 3.63) is 28.7 Å². The molecule has 0 N–H and O–H groups in total. The molecule has 0 unspecified atom stereocenters. The molecule has 1 fully saturated rings. The Hall–Kier alpha value is -1.56. The summed E-state index contributed by atoms with van der Waals surface area (Å²) < 4.78 is 11.2. The lowest BCUT2D eigenvalue weighted by Crippen LogP contribution is -2.40. The van der Waals surface area contributed by atoms with Gasteiger partial charge in [-0.25, -0.2) is 4.79 Å². The summed E-state index contributed by atoms with van der Waals surface area (Å²) in [6, 6.07) is 7.14. The molecule has 1 amide bonds. The third-order valence-electron chi connectivity index (χ3n) is 3.66. The summed E-state index contributed by atoms with van der Waals surface area (Å²) in [5.41, 5.74) is 0. The minimum atomic E-state index is -0.540. The summed E-state index contributed by atoms with van der Waals surface area (Å²) >= 11 is 3.32. The van der Waals surface area contributed by atoms with E-state index in [1.807, 2.05) is 12.1 Å². The number of esters is 1. The van der Waals surface area contributed by atoms with Crippen LogP contribution in [0, 0.1) is 5.92 Å².